The van der Waals surface area contributed by atoms with Gasteiger partial charge >= 0.3 is 0 Å². The van der Waals surface area contributed by atoms with E-state index in [0.717, 1.165) is 44.1 Å². The van der Waals surface area contributed by atoms with Crippen molar-refractivity contribution in [3.63, 3.8) is 0 Å². The van der Waals surface area contributed by atoms with E-state index in [9.17, 15) is 4.79 Å². The van der Waals surface area contributed by atoms with Gasteiger partial charge in [-0.1, -0.05) is 19.9 Å². The van der Waals surface area contributed by atoms with Crippen LogP contribution in [-0.4, -0.2) is 12.4 Å². The van der Waals surface area contributed by atoms with E-state index in [2.05, 4.69) is 32.9 Å². The molecule has 0 heterocycles. The molecule has 0 spiro atoms. The second-order valence-electron chi connectivity index (χ2n) is 8.65. The third kappa shape index (κ3) is 2.09. The van der Waals surface area contributed by atoms with Crippen molar-refractivity contribution in [2.75, 3.05) is 6.61 Å². The van der Waals surface area contributed by atoms with Crippen molar-refractivity contribution < 1.29 is 9.53 Å². The average molecular weight is 314 g/mol. The Morgan fingerprint density at radius 1 is 1.13 bits per heavy atom. The molecule has 0 bridgehead atoms. The van der Waals surface area contributed by atoms with Crippen LogP contribution in [0.15, 0.2) is 23.5 Å². The summed E-state index contributed by atoms with van der Waals surface area (Å²) in [6, 6.07) is 0. The zero-order chi connectivity index (χ0) is 16.2. The lowest BCUT2D eigenvalue weighted by molar-refractivity contribution is -0.131. The van der Waals surface area contributed by atoms with Crippen LogP contribution in [0.2, 0.25) is 0 Å². The van der Waals surface area contributed by atoms with Crippen molar-refractivity contribution in [1.82, 2.24) is 0 Å². The summed E-state index contributed by atoms with van der Waals surface area (Å²) in [7, 11) is 0. The lowest BCUT2D eigenvalue weighted by Crippen LogP contribution is -2.49. The molecule has 23 heavy (non-hydrogen) atoms. The van der Waals surface area contributed by atoms with Gasteiger partial charge in [0, 0.05) is 18.3 Å². The molecule has 2 heteroatoms. The van der Waals surface area contributed by atoms with Crippen molar-refractivity contribution in [2.24, 2.45) is 28.6 Å². The van der Waals surface area contributed by atoms with Gasteiger partial charge in [0.15, 0.2) is 0 Å². The number of rotatable bonds is 2. The second-order valence-corrected chi connectivity index (χ2v) is 8.65. The van der Waals surface area contributed by atoms with Crippen LogP contribution in [0.25, 0.3) is 0 Å². The Kier molecular flexibility index (Phi) is 3.52. The lowest BCUT2D eigenvalue weighted by atomic mass is 9.49. The highest BCUT2D eigenvalue weighted by Crippen LogP contribution is 2.63. The molecule has 4 rings (SSSR count). The topological polar surface area (TPSA) is 26.3 Å². The van der Waals surface area contributed by atoms with E-state index in [1.165, 1.54) is 30.6 Å². The van der Waals surface area contributed by atoms with Gasteiger partial charge in [-0.2, -0.15) is 0 Å². The molecule has 4 aliphatic rings. The quantitative estimate of drug-likeness (QED) is 0.713. The van der Waals surface area contributed by atoms with Crippen LogP contribution >= 0.6 is 0 Å². The van der Waals surface area contributed by atoms with Crippen LogP contribution in [0.5, 0.6) is 0 Å². The summed E-state index contributed by atoms with van der Waals surface area (Å²) in [6.45, 7) is 7.58. The van der Waals surface area contributed by atoms with Crippen LogP contribution in [-0.2, 0) is 9.53 Å². The van der Waals surface area contributed by atoms with E-state index in [1.807, 2.05) is 0 Å². The molecule has 0 unspecified atom stereocenters. The number of ketones is 1. The zero-order valence-electron chi connectivity index (χ0n) is 14.9. The third-order valence-electron chi connectivity index (χ3n) is 7.77. The van der Waals surface area contributed by atoms with Crippen molar-refractivity contribution in [3.8, 4) is 0 Å². The van der Waals surface area contributed by atoms with Gasteiger partial charge in [0.05, 0.1) is 12.4 Å². The molecule has 2 nitrogen and oxygen atoms in total. The molecule has 126 valence electrons. The van der Waals surface area contributed by atoms with Crippen LogP contribution in [0.4, 0.5) is 0 Å². The van der Waals surface area contributed by atoms with E-state index < -0.39 is 0 Å². The minimum Gasteiger partial charge on any atom is -0.498 e. The van der Waals surface area contributed by atoms with E-state index >= 15 is 0 Å². The molecule has 0 aliphatic heterocycles. The van der Waals surface area contributed by atoms with Gasteiger partial charge in [-0.25, -0.2) is 0 Å². The molecule has 4 aliphatic carbocycles. The summed E-state index contributed by atoms with van der Waals surface area (Å²) in [5, 5.41) is 0. The molecule has 0 saturated heterocycles. The van der Waals surface area contributed by atoms with Crippen molar-refractivity contribution in [3.05, 3.63) is 23.5 Å². The summed E-state index contributed by atoms with van der Waals surface area (Å²) in [4.78, 5) is 12.4. The van der Waals surface area contributed by atoms with Crippen LogP contribution in [0, 0.1) is 28.6 Å². The van der Waals surface area contributed by atoms with Gasteiger partial charge in [0.2, 0.25) is 0 Å². The fourth-order valence-corrected chi connectivity index (χ4v) is 6.37. The van der Waals surface area contributed by atoms with Gasteiger partial charge in [-0.15, -0.1) is 0 Å². The van der Waals surface area contributed by atoms with E-state index in [1.54, 1.807) is 0 Å². The maximum absolute atomic E-state index is 12.4. The monoisotopic (exact) mass is 314 g/mol. The maximum atomic E-state index is 12.4. The number of hydrogen-bond donors (Lipinski definition) is 0. The largest absolute Gasteiger partial charge is 0.498 e. The predicted octanol–water partition coefficient (Wildman–Crippen LogP) is 5.05. The average Bonchev–Trinajstić information content (AvgIpc) is 2.84. The summed E-state index contributed by atoms with van der Waals surface area (Å²) in [5.74, 6) is 3.82. The number of fused-ring (bicyclic) bond motifs is 5. The number of Topliss-reactive ketones (excluding diaryl/α,β-unsaturated/α-hetero) is 1. The maximum Gasteiger partial charge on any atom is 0.139 e. The number of hydrogen-bond acceptors (Lipinski definition) is 2. The fourth-order valence-electron chi connectivity index (χ4n) is 6.37. The summed E-state index contributed by atoms with van der Waals surface area (Å²) in [5.41, 5.74) is 1.81. The Hall–Kier alpha value is -1.05. The third-order valence-corrected chi connectivity index (χ3v) is 7.77. The SMILES string of the molecule is CCOC1=CC2=CC[C@@H]3[C@H]4CCC(=O)[C@]4(C)CC[C@H]3[C@]2(C)CC1. The predicted molar refractivity (Wildman–Crippen MR) is 91.8 cm³/mol. The standard InChI is InChI=1S/C21H30O2/c1-4-23-15-9-11-20(2)14(13-15)5-6-16-17-7-8-19(22)21(17,3)12-10-18(16)20/h5,13,16-18H,4,6-12H2,1-3H3/t16-,17-,18-,20-,21-/m1/s1. The molecule has 2 fully saturated rings. The molecule has 5 atom stereocenters. The minimum absolute atomic E-state index is 0.0101. The molecule has 0 aromatic rings. The number of ether oxygens (including phenoxy) is 1. The molecule has 0 radical (unpaired) electrons. The van der Waals surface area contributed by atoms with Crippen molar-refractivity contribution in [1.29, 1.82) is 0 Å². The smallest absolute Gasteiger partial charge is 0.139 e. The molecule has 2 saturated carbocycles. The summed E-state index contributed by atoms with van der Waals surface area (Å²) < 4.78 is 5.79. The van der Waals surface area contributed by atoms with Gasteiger partial charge in [0.1, 0.15) is 5.78 Å². The van der Waals surface area contributed by atoms with Gasteiger partial charge < -0.3 is 4.74 Å². The van der Waals surface area contributed by atoms with Crippen molar-refractivity contribution >= 4 is 5.78 Å². The summed E-state index contributed by atoms with van der Waals surface area (Å²) in [6.07, 6.45) is 12.6. The van der Waals surface area contributed by atoms with Crippen molar-refractivity contribution in [2.45, 2.75) is 65.7 Å². The highest BCUT2D eigenvalue weighted by atomic mass is 16.5. The molecule has 0 N–H and O–H groups in total. The Bertz CT molecular complexity index is 587. The molecular formula is C21H30O2. The first kappa shape index (κ1) is 15.5. The molecule has 0 aromatic heterocycles. The minimum atomic E-state index is -0.0101. The Morgan fingerprint density at radius 3 is 2.70 bits per heavy atom. The van der Waals surface area contributed by atoms with Crippen LogP contribution < -0.4 is 0 Å². The first-order valence-electron chi connectivity index (χ1n) is 9.56. The first-order valence-corrected chi connectivity index (χ1v) is 9.56. The normalized spacial score (nSPS) is 45.5. The zero-order valence-corrected chi connectivity index (χ0v) is 14.9. The Labute approximate surface area is 140 Å². The molecular weight excluding hydrogens is 284 g/mol. The number of carbonyl (C=O) groups excluding carboxylic acids is 1. The highest BCUT2D eigenvalue weighted by molar-refractivity contribution is 5.87. The van der Waals surface area contributed by atoms with E-state index in [-0.39, 0.29) is 5.41 Å². The number of allylic oxidation sites excluding steroid dienone is 4. The van der Waals surface area contributed by atoms with Gasteiger partial charge in [-0.05, 0) is 73.8 Å². The van der Waals surface area contributed by atoms with Gasteiger partial charge in [-0.3, -0.25) is 4.79 Å². The van der Waals surface area contributed by atoms with Gasteiger partial charge in [0.25, 0.3) is 0 Å². The van der Waals surface area contributed by atoms with E-state index in [0.29, 0.717) is 17.1 Å². The Balaban J connectivity index is 1.67. The molecule has 0 aromatic carbocycles. The fraction of sp³-hybridized carbons (Fsp3) is 0.762. The van der Waals surface area contributed by atoms with Crippen LogP contribution in [0.3, 0.4) is 0 Å². The highest BCUT2D eigenvalue weighted by Gasteiger charge is 2.58. The lowest BCUT2D eigenvalue weighted by Gasteiger charge is -2.55. The molecule has 0 amide bonds. The first-order chi connectivity index (χ1) is 11.0. The van der Waals surface area contributed by atoms with Crippen LogP contribution in [0.1, 0.15) is 65.7 Å². The number of carbonyl (C=O) groups is 1. The Morgan fingerprint density at radius 2 is 1.91 bits per heavy atom. The van der Waals surface area contributed by atoms with E-state index in [4.69, 9.17) is 4.74 Å². The second kappa shape index (κ2) is 5.22. The summed E-state index contributed by atoms with van der Waals surface area (Å²) >= 11 is 0.